The minimum atomic E-state index is -3.38. The summed E-state index contributed by atoms with van der Waals surface area (Å²) >= 11 is 0. The number of rotatable bonds is 9. The smallest absolute Gasteiger partial charge is 0.326 e. The number of carbonyl (C=O) groups is 2. The highest BCUT2D eigenvalue weighted by Gasteiger charge is 2.22. The number of aromatic nitrogens is 1. The van der Waals surface area contributed by atoms with Crippen molar-refractivity contribution < 1.29 is 32.6 Å². The molecule has 3 rings (SSSR count). The van der Waals surface area contributed by atoms with E-state index in [-0.39, 0.29) is 24.3 Å². The summed E-state index contributed by atoms with van der Waals surface area (Å²) in [6, 6.07) is 12.6. The summed E-state index contributed by atoms with van der Waals surface area (Å²) in [5.74, 6) is -2.18. The number of benzene rings is 2. The second-order valence-corrected chi connectivity index (χ2v) is 9.91. The molecule has 0 aliphatic heterocycles. The normalized spacial score (nSPS) is 12.4. The first kappa shape index (κ1) is 25.1. The maximum absolute atomic E-state index is 13.5. The highest BCUT2D eigenvalue weighted by molar-refractivity contribution is 7.90. The van der Waals surface area contributed by atoms with E-state index >= 15 is 0 Å². The van der Waals surface area contributed by atoms with E-state index in [1.165, 1.54) is 24.3 Å². The van der Waals surface area contributed by atoms with Crippen LogP contribution in [0.2, 0.25) is 0 Å². The molecule has 0 aliphatic carbocycles. The average molecular weight is 489 g/mol. The summed E-state index contributed by atoms with van der Waals surface area (Å²) in [5.41, 5.74) is 3.25. The van der Waals surface area contributed by atoms with Crippen molar-refractivity contribution in [3.05, 3.63) is 71.7 Å². The Morgan fingerprint density at radius 3 is 2.24 bits per heavy atom. The van der Waals surface area contributed by atoms with Gasteiger partial charge < -0.3 is 20.1 Å². The van der Waals surface area contributed by atoms with Crippen molar-refractivity contribution >= 4 is 21.7 Å². The standard InChI is InChI=1S/C24H25FN2O6S/c1-15-17(14-23(29)26-21(11-12-28)24(30)31)13-22(27(15)19-7-5-18(25)6-8-19)16-3-9-20(10-4-16)34(2,32)33/h3-10,13,21,28H,11-12,14H2,1-2H3,(H,26,29)(H,30,31). The van der Waals surface area contributed by atoms with Gasteiger partial charge in [-0.05, 0) is 60.5 Å². The summed E-state index contributed by atoms with van der Waals surface area (Å²) in [6.45, 7) is 1.40. The molecule has 10 heteroatoms. The molecule has 3 N–H and O–H groups in total. The van der Waals surface area contributed by atoms with Crippen LogP contribution in [0.15, 0.2) is 59.5 Å². The Hall–Kier alpha value is -3.50. The predicted molar refractivity (Wildman–Crippen MR) is 124 cm³/mol. The lowest BCUT2D eigenvalue weighted by atomic mass is 10.1. The number of carboxylic acids is 1. The maximum Gasteiger partial charge on any atom is 0.326 e. The summed E-state index contributed by atoms with van der Waals surface area (Å²) in [6.07, 6.45) is 0.878. The first-order valence-corrected chi connectivity index (χ1v) is 12.3. The zero-order valence-corrected chi connectivity index (χ0v) is 19.5. The molecule has 0 fully saturated rings. The van der Waals surface area contributed by atoms with Crippen LogP contribution in [0.4, 0.5) is 4.39 Å². The number of aliphatic hydroxyl groups is 1. The molecule has 1 unspecified atom stereocenters. The van der Waals surface area contributed by atoms with Gasteiger partial charge in [-0.3, -0.25) is 4.79 Å². The Balaban J connectivity index is 2.03. The number of aliphatic hydroxyl groups excluding tert-OH is 1. The number of sulfone groups is 1. The molecular weight excluding hydrogens is 463 g/mol. The van der Waals surface area contributed by atoms with E-state index in [2.05, 4.69) is 5.32 Å². The van der Waals surface area contributed by atoms with E-state index in [1.807, 2.05) is 4.57 Å². The molecule has 3 aromatic rings. The zero-order chi connectivity index (χ0) is 25.0. The van der Waals surface area contributed by atoms with Crippen molar-refractivity contribution in [2.24, 2.45) is 0 Å². The van der Waals surface area contributed by atoms with Gasteiger partial charge in [0.05, 0.1) is 17.0 Å². The van der Waals surface area contributed by atoms with Gasteiger partial charge in [0.1, 0.15) is 11.9 Å². The van der Waals surface area contributed by atoms with E-state index < -0.39 is 33.6 Å². The van der Waals surface area contributed by atoms with E-state index in [0.29, 0.717) is 28.2 Å². The van der Waals surface area contributed by atoms with Crippen molar-refractivity contribution in [1.82, 2.24) is 9.88 Å². The van der Waals surface area contributed by atoms with E-state index in [4.69, 9.17) is 5.11 Å². The van der Waals surface area contributed by atoms with Crippen LogP contribution in [0.25, 0.3) is 16.9 Å². The Morgan fingerprint density at radius 2 is 1.71 bits per heavy atom. The average Bonchev–Trinajstić information content (AvgIpc) is 3.09. The highest BCUT2D eigenvalue weighted by atomic mass is 32.2. The van der Waals surface area contributed by atoms with Gasteiger partial charge in [-0.1, -0.05) is 12.1 Å². The Morgan fingerprint density at radius 1 is 1.09 bits per heavy atom. The second-order valence-electron chi connectivity index (χ2n) is 7.90. The van der Waals surface area contributed by atoms with Gasteiger partial charge in [0.15, 0.2) is 9.84 Å². The lowest BCUT2D eigenvalue weighted by molar-refractivity contribution is -0.142. The van der Waals surface area contributed by atoms with Gasteiger partial charge in [0.2, 0.25) is 5.91 Å². The molecule has 0 aliphatic rings. The monoisotopic (exact) mass is 488 g/mol. The lowest BCUT2D eigenvalue weighted by Gasteiger charge is -2.14. The second kappa shape index (κ2) is 10.2. The molecule has 1 atom stereocenters. The minimum absolute atomic E-state index is 0.116. The van der Waals surface area contributed by atoms with Crippen molar-refractivity contribution in [1.29, 1.82) is 0 Å². The summed E-state index contributed by atoms with van der Waals surface area (Å²) < 4.78 is 39.0. The number of nitrogens with zero attached hydrogens (tertiary/aromatic N) is 1. The minimum Gasteiger partial charge on any atom is -0.480 e. The number of carbonyl (C=O) groups excluding carboxylic acids is 1. The molecule has 1 aromatic heterocycles. The third-order valence-electron chi connectivity index (χ3n) is 5.42. The third-order valence-corrected chi connectivity index (χ3v) is 6.55. The van der Waals surface area contributed by atoms with E-state index in [0.717, 1.165) is 6.26 Å². The zero-order valence-electron chi connectivity index (χ0n) is 18.7. The molecule has 2 aromatic carbocycles. The fraction of sp³-hybridized carbons (Fsp3) is 0.250. The summed E-state index contributed by atoms with van der Waals surface area (Å²) in [5, 5.41) is 20.7. The van der Waals surface area contributed by atoms with Crippen LogP contribution in [-0.2, 0) is 25.8 Å². The number of aliphatic carboxylic acids is 1. The van der Waals surface area contributed by atoms with Crippen LogP contribution in [0.1, 0.15) is 17.7 Å². The van der Waals surface area contributed by atoms with Crippen LogP contribution in [0, 0.1) is 12.7 Å². The van der Waals surface area contributed by atoms with Gasteiger partial charge >= 0.3 is 5.97 Å². The fourth-order valence-electron chi connectivity index (χ4n) is 3.65. The molecule has 8 nitrogen and oxygen atoms in total. The largest absolute Gasteiger partial charge is 0.480 e. The molecule has 0 saturated heterocycles. The van der Waals surface area contributed by atoms with Crippen LogP contribution in [0.5, 0.6) is 0 Å². The van der Waals surface area contributed by atoms with E-state index in [9.17, 15) is 27.5 Å². The predicted octanol–water partition coefficient (Wildman–Crippen LogP) is 2.49. The van der Waals surface area contributed by atoms with Gasteiger partial charge in [-0.2, -0.15) is 0 Å². The van der Waals surface area contributed by atoms with Gasteiger partial charge in [-0.15, -0.1) is 0 Å². The number of nitrogens with one attached hydrogen (secondary N) is 1. The Kier molecular flexibility index (Phi) is 7.53. The quantitative estimate of drug-likeness (QED) is 0.425. The van der Waals surface area contributed by atoms with Crippen LogP contribution in [0.3, 0.4) is 0 Å². The van der Waals surface area contributed by atoms with Crippen LogP contribution in [-0.4, -0.2) is 54.0 Å². The Bertz CT molecular complexity index is 1300. The van der Waals surface area contributed by atoms with Crippen molar-refractivity contribution in [3.63, 3.8) is 0 Å². The summed E-state index contributed by atoms with van der Waals surface area (Å²) in [4.78, 5) is 24.0. The first-order chi connectivity index (χ1) is 16.0. The number of hydrogen-bond donors (Lipinski definition) is 3. The molecule has 0 saturated carbocycles. The highest BCUT2D eigenvalue weighted by Crippen LogP contribution is 2.30. The molecule has 1 heterocycles. The van der Waals surface area contributed by atoms with Gasteiger partial charge in [-0.25, -0.2) is 17.6 Å². The topological polar surface area (TPSA) is 126 Å². The van der Waals surface area contributed by atoms with Crippen molar-refractivity contribution in [3.8, 4) is 16.9 Å². The Labute approximate surface area is 196 Å². The van der Waals surface area contributed by atoms with Crippen molar-refractivity contribution in [2.45, 2.75) is 30.7 Å². The molecule has 34 heavy (non-hydrogen) atoms. The first-order valence-electron chi connectivity index (χ1n) is 10.4. The maximum atomic E-state index is 13.5. The van der Waals surface area contributed by atoms with Crippen molar-refractivity contribution in [2.75, 3.05) is 12.9 Å². The number of amides is 1. The molecule has 0 radical (unpaired) electrons. The summed E-state index contributed by atoms with van der Waals surface area (Å²) in [7, 11) is -3.38. The molecule has 0 bridgehead atoms. The van der Waals surface area contributed by atoms with Gasteiger partial charge in [0.25, 0.3) is 0 Å². The third kappa shape index (κ3) is 5.70. The van der Waals surface area contributed by atoms with Crippen LogP contribution < -0.4 is 5.32 Å². The number of hydrogen-bond acceptors (Lipinski definition) is 5. The van der Waals surface area contributed by atoms with E-state index in [1.54, 1.807) is 37.3 Å². The fourth-order valence-corrected chi connectivity index (χ4v) is 4.28. The molecule has 0 spiro atoms. The molecular formula is C24H25FN2O6S. The lowest BCUT2D eigenvalue weighted by Crippen LogP contribution is -2.42. The molecule has 180 valence electrons. The molecule has 1 amide bonds. The number of carboxylic acid groups (broad SMARTS) is 1. The SMILES string of the molecule is Cc1c(CC(=O)NC(CCO)C(=O)O)cc(-c2ccc(S(C)(=O)=O)cc2)n1-c1ccc(F)cc1. The van der Waals surface area contributed by atoms with Crippen LogP contribution >= 0.6 is 0 Å². The number of halogens is 1. The van der Waals surface area contributed by atoms with Gasteiger partial charge in [0, 0.05) is 30.7 Å².